The molecule has 12 nitrogen and oxygen atoms in total. The summed E-state index contributed by atoms with van der Waals surface area (Å²) in [5, 5.41) is 13.2. The van der Waals surface area contributed by atoms with Crippen molar-refractivity contribution in [2.24, 2.45) is 16.7 Å². The lowest BCUT2D eigenvalue weighted by atomic mass is 9.99. The Balaban J connectivity index is 3.46. The average Bonchev–Trinajstić information content (AvgIpc) is 2.86. The Bertz CT molecular complexity index is 1100. The summed E-state index contributed by atoms with van der Waals surface area (Å²) in [5.74, 6) is -1.91. The van der Waals surface area contributed by atoms with Crippen molar-refractivity contribution in [3.63, 3.8) is 0 Å². The summed E-state index contributed by atoms with van der Waals surface area (Å²) in [6.45, 7) is 20.3. The molecule has 1 aromatic carbocycles. The van der Waals surface area contributed by atoms with Crippen molar-refractivity contribution < 1.29 is 52.7 Å². The molecule has 0 aromatic heterocycles. The van der Waals surface area contributed by atoms with Gasteiger partial charge in [-0.2, -0.15) is 0 Å². The van der Waals surface area contributed by atoms with Crippen molar-refractivity contribution in [3.8, 4) is 11.5 Å². The van der Waals surface area contributed by atoms with E-state index in [2.05, 4.69) is 5.32 Å². The van der Waals surface area contributed by atoms with Gasteiger partial charge in [-0.05, 0) is 54.7 Å². The van der Waals surface area contributed by atoms with E-state index in [1.807, 2.05) is 62.3 Å². The topological polar surface area (TPSA) is 156 Å². The van der Waals surface area contributed by atoms with Gasteiger partial charge in [0, 0.05) is 12.5 Å². The van der Waals surface area contributed by atoms with Crippen LogP contribution in [0.2, 0.25) is 0 Å². The minimum absolute atomic E-state index is 0.0327. The van der Waals surface area contributed by atoms with Gasteiger partial charge in [0.15, 0.2) is 11.5 Å². The fraction of sp³-hybridized carbons (Fsp3) is 0.677. The Hall–Kier alpha value is -3.54. The van der Waals surface area contributed by atoms with Crippen LogP contribution in [0.5, 0.6) is 11.5 Å². The zero-order valence-corrected chi connectivity index (χ0v) is 27.3. The third kappa shape index (κ3) is 14.0. The first-order valence-corrected chi connectivity index (χ1v) is 14.4. The molecule has 12 heteroatoms. The zero-order valence-electron chi connectivity index (χ0n) is 27.3. The van der Waals surface area contributed by atoms with Crippen molar-refractivity contribution in [2.45, 2.75) is 107 Å². The van der Waals surface area contributed by atoms with Crippen molar-refractivity contribution in [2.75, 3.05) is 13.2 Å². The third-order valence-corrected chi connectivity index (χ3v) is 6.01. The van der Waals surface area contributed by atoms with Crippen molar-refractivity contribution >= 4 is 24.4 Å². The van der Waals surface area contributed by atoms with Crippen LogP contribution in [0.25, 0.3) is 0 Å². The number of aliphatic carboxylic acids is 1. The van der Waals surface area contributed by atoms with E-state index >= 15 is 0 Å². The summed E-state index contributed by atoms with van der Waals surface area (Å²) in [7, 11) is 0. The van der Waals surface area contributed by atoms with Crippen LogP contribution in [0, 0.1) is 16.7 Å². The first kappa shape index (κ1) is 37.5. The van der Waals surface area contributed by atoms with Gasteiger partial charge < -0.3 is 33.5 Å². The molecule has 0 bridgehead atoms. The van der Waals surface area contributed by atoms with Gasteiger partial charge in [0.05, 0.1) is 13.2 Å². The van der Waals surface area contributed by atoms with Crippen molar-refractivity contribution in [1.82, 2.24) is 5.32 Å². The SMILES string of the molecule is CCC(C)N[C@@](Cc1ccc(OC(=O)OCC(C)(C)C)c(OC(=O)OCC(C)(C)C)c1)(OC(=O)OC(C)C(C)C)C(=O)O. The molecule has 0 saturated heterocycles. The lowest BCUT2D eigenvalue weighted by Gasteiger charge is -2.33. The number of carbonyl (C=O) groups excluding carboxylic acids is 3. The Morgan fingerprint density at radius 1 is 0.814 bits per heavy atom. The second-order valence-corrected chi connectivity index (χ2v) is 13.4. The fourth-order valence-corrected chi connectivity index (χ4v) is 3.16. The monoisotopic (exact) mass is 611 g/mol. The number of carboxylic acid groups (broad SMARTS) is 1. The van der Waals surface area contributed by atoms with E-state index in [9.17, 15) is 24.3 Å². The van der Waals surface area contributed by atoms with E-state index in [-0.39, 0.29) is 53.1 Å². The van der Waals surface area contributed by atoms with E-state index in [0.29, 0.717) is 6.42 Å². The molecule has 0 radical (unpaired) electrons. The highest BCUT2D eigenvalue weighted by atomic mass is 16.8. The Kier molecular flexibility index (Phi) is 13.8. The second-order valence-electron chi connectivity index (χ2n) is 13.4. The Morgan fingerprint density at radius 2 is 1.33 bits per heavy atom. The summed E-state index contributed by atoms with van der Waals surface area (Å²) in [6, 6.07) is 3.68. The molecule has 2 unspecified atom stereocenters. The smallest absolute Gasteiger partial charge is 0.477 e. The highest BCUT2D eigenvalue weighted by Gasteiger charge is 2.45. The molecule has 0 fully saturated rings. The number of hydrogen-bond acceptors (Lipinski definition) is 11. The minimum atomic E-state index is -2.25. The molecule has 0 aliphatic carbocycles. The average molecular weight is 612 g/mol. The van der Waals surface area contributed by atoms with E-state index < -0.39 is 42.7 Å². The minimum Gasteiger partial charge on any atom is -0.477 e. The normalized spacial score (nSPS) is 14.6. The van der Waals surface area contributed by atoms with E-state index in [1.54, 1.807) is 13.8 Å². The number of carbonyl (C=O) groups is 4. The Labute approximate surface area is 254 Å². The predicted molar refractivity (Wildman–Crippen MR) is 158 cm³/mol. The molecule has 0 spiro atoms. The quantitative estimate of drug-likeness (QED) is 0.105. The summed E-state index contributed by atoms with van der Waals surface area (Å²) in [4.78, 5) is 50.3. The maximum atomic E-state index is 12.7. The molecule has 0 heterocycles. The van der Waals surface area contributed by atoms with Gasteiger partial charge in [-0.15, -0.1) is 0 Å². The highest BCUT2D eigenvalue weighted by Crippen LogP contribution is 2.32. The fourth-order valence-electron chi connectivity index (χ4n) is 3.16. The second kappa shape index (κ2) is 15.8. The molecular formula is C31H49NO11. The van der Waals surface area contributed by atoms with E-state index in [1.165, 1.54) is 18.2 Å². The van der Waals surface area contributed by atoms with E-state index in [4.69, 9.17) is 28.4 Å². The first-order valence-electron chi connectivity index (χ1n) is 14.4. The standard InChI is InChI=1S/C31H49NO11/c1-12-20(4)32-31(25(33)34,43-28(37)40-21(5)19(2)3)16-22-13-14-23(41-26(35)38-17-29(6,7)8)24(15-22)42-27(36)39-18-30(9,10)11/h13-15,19-21,32H,12,16-18H2,1-11H3,(H,33,34)/t20?,21?,31-/m0/s1. The summed E-state index contributed by atoms with van der Waals surface area (Å²) in [6.07, 6.45) is -3.67. The van der Waals surface area contributed by atoms with Crippen LogP contribution >= 0.6 is 0 Å². The van der Waals surface area contributed by atoms with Gasteiger partial charge in [-0.1, -0.05) is 68.4 Å². The van der Waals surface area contributed by atoms with E-state index in [0.717, 1.165) is 0 Å². The Morgan fingerprint density at radius 3 is 1.77 bits per heavy atom. The maximum Gasteiger partial charge on any atom is 0.513 e. The van der Waals surface area contributed by atoms with Crippen LogP contribution < -0.4 is 14.8 Å². The van der Waals surface area contributed by atoms with Gasteiger partial charge in [0.1, 0.15) is 6.10 Å². The van der Waals surface area contributed by atoms with Gasteiger partial charge in [-0.25, -0.2) is 19.2 Å². The molecule has 1 aromatic rings. The third-order valence-electron chi connectivity index (χ3n) is 6.01. The predicted octanol–water partition coefficient (Wildman–Crippen LogP) is 6.72. The lowest BCUT2D eigenvalue weighted by molar-refractivity contribution is -0.168. The number of benzene rings is 1. The molecule has 244 valence electrons. The van der Waals surface area contributed by atoms with Crippen LogP contribution in [0.1, 0.15) is 88.1 Å². The maximum absolute atomic E-state index is 12.7. The van der Waals surface area contributed by atoms with Gasteiger partial charge >= 0.3 is 24.4 Å². The van der Waals surface area contributed by atoms with Crippen LogP contribution in [-0.2, 0) is 30.2 Å². The molecule has 3 atom stereocenters. The van der Waals surface area contributed by atoms with Crippen LogP contribution in [0.15, 0.2) is 18.2 Å². The van der Waals surface area contributed by atoms with Crippen LogP contribution in [-0.4, -0.2) is 60.6 Å². The highest BCUT2D eigenvalue weighted by molar-refractivity contribution is 5.80. The lowest BCUT2D eigenvalue weighted by Crippen LogP contribution is -2.59. The molecule has 0 amide bonds. The molecule has 0 aliphatic rings. The molecule has 1 rings (SSSR count). The number of nitrogens with one attached hydrogen (secondary N) is 1. The molecule has 43 heavy (non-hydrogen) atoms. The first-order chi connectivity index (χ1) is 19.7. The van der Waals surface area contributed by atoms with Crippen molar-refractivity contribution in [3.05, 3.63) is 23.8 Å². The molecule has 0 aliphatic heterocycles. The summed E-state index contributed by atoms with van der Waals surface area (Å²) >= 11 is 0. The van der Waals surface area contributed by atoms with Crippen LogP contribution in [0.4, 0.5) is 14.4 Å². The number of hydrogen-bond donors (Lipinski definition) is 2. The van der Waals surface area contributed by atoms with Crippen LogP contribution in [0.3, 0.4) is 0 Å². The van der Waals surface area contributed by atoms with Gasteiger partial charge in [0.25, 0.3) is 5.72 Å². The zero-order chi connectivity index (χ0) is 33.2. The molecule has 2 N–H and O–H groups in total. The van der Waals surface area contributed by atoms with Crippen molar-refractivity contribution in [1.29, 1.82) is 0 Å². The number of carboxylic acids is 1. The van der Waals surface area contributed by atoms with Gasteiger partial charge in [-0.3, -0.25) is 5.32 Å². The summed E-state index contributed by atoms with van der Waals surface area (Å²) < 4.78 is 31.8. The molecular weight excluding hydrogens is 562 g/mol. The largest absolute Gasteiger partial charge is 0.513 e. The summed E-state index contributed by atoms with van der Waals surface area (Å²) in [5.41, 5.74) is -2.66. The van der Waals surface area contributed by atoms with Gasteiger partial charge in [0.2, 0.25) is 0 Å². The number of ether oxygens (including phenoxy) is 6. The number of rotatable bonds is 13. The molecule has 0 saturated carbocycles.